The average molecular weight is 254 g/mol. The molecule has 0 bridgehead atoms. The number of hydrogen-bond donors (Lipinski definition) is 1. The molecule has 5 nitrogen and oxygen atoms in total. The Kier molecular flexibility index (Phi) is 4.87. The van der Waals surface area contributed by atoms with Crippen LogP contribution in [-0.2, 0) is 17.8 Å². The quantitative estimate of drug-likeness (QED) is 0.843. The van der Waals surface area contributed by atoms with E-state index in [0.29, 0.717) is 6.54 Å². The lowest BCUT2D eigenvalue weighted by Crippen LogP contribution is -2.35. The van der Waals surface area contributed by atoms with Crippen LogP contribution in [0.1, 0.15) is 46.9 Å². The van der Waals surface area contributed by atoms with Gasteiger partial charge in [-0.3, -0.25) is 4.68 Å². The molecule has 0 spiro atoms. The number of nitrogens with one attached hydrogen (secondary N) is 1. The molecule has 0 saturated carbocycles. The molecule has 0 atom stereocenters. The first-order valence-corrected chi connectivity index (χ1v) is 6.40. The van der Waals surface area contributed by atoms with E-state index in [0.717, 1.165) is 18.8 Å². The van der Waals surface area contributed by atoms with Crippen molar-refractivity contribution in [2.45, 2.75) is 65.3 Å². The van der Waals surface area contributed by atoms with Gasteiger partial charge in [-0.1, -0.05) is 0 Å². The average Bonchev–Trinajstić information content (AvgIpc) is 2.71. The number of ether oxygens (including phenoxy) is 1. The van der Waals surface area contributed by atoms with Gasteiger partial charge in [0, 0.05) is 19.2 Å². The van der Waals surface area contributed by atoms with Gasteiger partial charge in [-0.25, -0.2) is 4.98 Å². The summed E-state index contributed by atoms with van der Waals surface area (Å²) in [6, 6.07) is 0. The molecule has 1 N–H and O–H groups in total. The molecule has 1 aromatic heterocycles. The first kappa shape index (κ1) is 15.1. The molecule has 1 aromatic rings. The van der Waals surface area contributed by atoms with Crippen molar-refractivity contribution in [2.24, 2.45) is 0 Å². The molecule has 0 aliphatic carbocycles. The summed E-state index contributed by atoms with van der Waals surface area (Å²) < 4.78 is 7.26. The minimum absolute atomic E-state index is 0.0868. The van der Waals surface area contributed by atoms with Crippen LogP contribution in [-0.4, -0.2) is 33.0 Å². The number of aryl methyl sites for hydroxylation is 1. The van der Waals surface area contributed by atoms with Gasteiger partial charge in [0.15, 0.2) is 5.82 Å². The molecule has 1 rings (SSSR count). The van der Waals surface area contributed by atoms with E-state index in [4.69, 9.17) is 4.74 Å². The van der Waals surface area contributed by atoms with Crippen LogP contribution >= 0.6 is 0 Å². The van der Waals surface area contributed by atoms with Crippen molar-refractivity contribution in [1.82, 2.24) is 20.1 Å². The van der Waals surface area contributed by atoms with Crippen molar-refractivity contribution in [3.05, 3.63) is 12.2 Å². The van der Waals surface area contributed by atoms with Crippen LogP contribution in [0.3, 0.4) is 0 Å². The number of hydrogen-bond acceptors (Lipinski definition) is 4. The Hall–Kier alpha value is -0.940. The maximum Gasteiger partial charge on any atom is 0.164 e. The molecule has 18 heavy (non-hydrogen) atoms. The number of methoxy groups -OCH3 is 1. The fourth-order valence-corrected chi connectivity index (χ4v) is 1.35. The second-order valence-electron chi connectivity index (χ2n) is 6.24. The molecule has 1 heterocycles. The van der Waals surface area contributed by atoms with E-state index in [9.17, 15) is 0 Å². The van der Waals surface area contributed by atoms with Gasteiger partial charge in [-0.2, -0.15) is 5.10 Å². The third-order valence-corrected chi connectivity index (χ3v) is 2.86. The molecule has 0 fully saturated rings. The van der Waals surface area contributed by atoms with Crippen LogP contribution < -0.4 is 5.32 Å². The Bertz CT molecular complexity index is 365. The van der Waals surface area contributed by atoms with Crippen molar-refractivity contribution < 1.29 is 4.74 Å². The number of nitrogens with zero attached hydrogens (tertiary/aromatic N) is 3. The topological polar surface area (TPSA) is 52.0 Å². The molecule has 0 aromatic carbocycles. The monoisotopic (exact) mass is 254 g/mol. The summed E-state index contributed by atoms with van der Waals surface area (Å²) in [5.41, 5.74) is -0.0285. The molecule has 0 amide bonds. The van der Waals surface area contributed by atoms with Crippen molar-refractivity contribution in [3.8, 4) is 0 Å². The Labute approximate surface area is 110 Å². The van der Waals surface area contributed by atoms with E-state index in [-0.39, 0.29) is 11.1 Å². The van der Waals surface area contributed by atoms with E-state index >= 15 is 0 Å². The predicted octanol–water partition coefficient (Wildman–Crippen LogP) is 1.98. The lowest BCUT2D eigenvalue weighted by atomic mass is 10.1. The largest absolute Gasteiger partial charge is 0.379 e. The zero-order chi connectivity index (χ0) is 13.8. The number of rotatable bonds is 6. The summed E-state index contributed by atoms with van der Waals surface area (Å²) in [6.45, 7) is 12.1. The van der Waals surface area contributed by atoms with E-state index in [1.54, 1.807) is 13.4 Å². The lowest BCUT2D eigenvalue weighted by molar-refractivity contribution is 0.0113. The summed E-state index contributed by atoms with van der Waals surface area (Å²) in [4.78, 5) is 4.29. The molecular formula is C13H26N4O. The van der Waals surface area contributed by atoms with E-state index in [2.05, 4.69) is 50.0 Å². The van der Waals surface area contributed by atoms with Gasteiger partial charge in [0.25, 0.3) is 0 Å². The highest BCUT2D eigenvalue weighted by Crippen LogP contribution is 2.13. The molecular weight excluding hydrogens is 228 g/mol. The number of aromatic nitrogens is 3. The van der Waals surface area contributed by atoms with Gasteiger partial charge in [0.05, 0.1) is 12.1 Å². The maximum absolute atomic E-state index is 5.38. The standard InChI is InChI=1S/C13H26N4O/c1-12(2,3)15-9-11-14-10-17(16-11)8-7-13(4,5)18-6/h10,15H,7-9H2,1-6H3. The Morgan fingerprint density at radius 3 is 2.50 bits per heavy atom. The predicted molar refractivity (Wildman–Crippen MR) is 72.3 cm³/mol. The maximum atomic E-state index is 5.38. The van der Waals surface area contributed by atoms with Crippen molar-refractivity contribution >= 4 is 0 Å². The summed E-state index contributed by atoms with van der Waals surface area (Å²) in [5.74, 6) is 0.833. The fraction of sp³-hybridized carbons (Fsp3) is 0.846. The van der Waals surface area contributed by atoms with Gasteiger partial charge in [0.1, 0.15) is 6.33 Å². The van der Waals surface area contributed by atoms with Gasteiger partial charge < -0.3 is 10.1 Å². The SMILES string of the molecule is COC(C)(C)CCn1cnc(CNC(C)(C)C)n1. The smallest absolute Gasteiger partial charge is 0.164 e. The van der Waals surface area contributed by atoms with Crippen LogP contribution in [0.5, 0.6) is 0 Å². The Morgan fingerprint density at radius 1 is 1.28 bits per heavy atom. The first-order chi connectivity index (χ1) is 8.22. The Balaban J connectivity index is 2.44. The van der Waals surface area contributed by atoms with E-state index < -0.39 is 0 Å². The highest BCUT2D eigenvalue weighted by molar-refractivity contribution is 4.84. The van der Waals surface area contributed by atoms with Crippen LogP contribution in [0.15, 0.2) is 6.33 Å². The van der Waals surface area contributed by atoms with Crippen LogP contribution in [0, 0.1) is 0 Å². The van der Waals surface area contributed by atoms with Crippen LogP contribution in [0.4, 0.5) is 0 Å². The van der Waals surface area contributed by atoms with E-state index in [1.165, 1.54) is 0 Å². The highest BCUT2D eigenvalue weighted by Gasteiger charge is 2.16. The molecule has 0 aliphatic heterocycles. The third kappa shape index (κ3) is 5.60. The van der Waals surface area contributed by atoms with Crippen molar-refractivity contribution in [3.63, 3.8) is 0 Å². The van der Waals surface area contributed by atoms with Gasteiger partial charge in [-0.05, 0) is 41.0 Å². The second-order valence-corrected chi connectivity index (χ2v) is 6.24. The van der Waals surface area contributed by atoms with Crippen LogP contribution in [0.25, 0.3) is 0 Å². The molecule has 0 radical (unpaired) electrons. The van der Waals surface area contributed by atoms with Crippen LogP contribution in [0.2, 0.25) is 0 Å². The minimum atomic E-state index is -0.115. The molecule has 0 unspecified atom stereocenters. The minimum Gasteiger partial charge on any atom is -0.379 e. The zero-order valence-corrected chi connectivity index (χ0v) is 12.4. The lowest BCUT2D eigenvalue weighted by Gasteiger charge is -2.22. The second kappa shape index (κ2) is 5.80. The summed E-state index contributed by atoms with van der Waals surface area (Å²) >= 11 is 0. The van der Waals surface area contributed by atoms with Crippen molar-refractivity contribution in [2.75, 3.05) is 7.11 Å². The van der Waals surface area contributed by atoms with Gasteiger partial charge >= 0.3 is 0 Å². The zero-order valence-electron chi connectivity index (χ0n) is 12.4. The highest BCUT2D eigenvalue weighted by atomic mass is 16.5. The molecule has 104 valence electrons. The summed E-state index contributed by atoms with van der Waals surface area (Å²) in [7, 11) is 1.74. The van der Waals surface area contributed by atoms with Crippen molar-refractivity contribution in [1.29, 1.82) is 0 Å². The Morgan fingerprint density at radius 2 is 1.94 bits per heavy atom. The molecule has 5 heteroatoms. The molecule has 0 saturated heterocycles. The molecule has 0 aliphatic rings. The summed E-state index contributed by atoms with van der Waals surface area (Å²) in [5, 5.41) is 7.81. The first-order valence-electron chi connectivity index (χ1n) is 6.40. The van der Waals surface area contributed by atoms with Gasteiger partial charge in [-0.15, -0.1) is 0 Å². The fourth-order valence-electron chi connectivity index (χ4n) is 1.35. The normalized spacial score (nSPS) is 13.0. The van der Waals surface area contributed by atoms with Gasteiger partial charge in [0.2, 0.25) is 0 Å². The summed E-state index contributed by atoms with van der Waals surface area (Å²) in [6.07, 6.45) is 2.70. The van der Waals surface area contributed by atoms with E-state index in [1.807, 2.05) is 4.68 Å². The third-order valence-electron chi connectivity index (χ3n) is 2.86.